The van der Waals surface area contributed by atoms with Crippen molar-refractivity contribution in [3.05, 3.63) is 30.1 Å². The van der Waals surface area contributed by atoms with Crippen molar-refractivity contribution in [2.75, 3.05) is 6.61 Å². The van der Waals surface area contributed by atoms with Gasteiger partial charge in [0.05, 0.1) is 17.6 Å². The molecule has 1 aliphatic rings. The van der Waals surface area contributed by atoms with Crippen LogP contribution in [0.1, 0.15) is 50.9 Å². The molecule has 1 aromatic heterocycles. The fourth-order valence-corrected chi connectivity index (χ4v) is 2.72. The fraction of sp³-hybridized carbons (Fsp3) is 0.500. The van der Waals surface area contributed by atoms with Crippen LogP contribution in [0.2, 0.25) is 0 Å². The molecule has 4 heteroatoms. The van der Waals surface area contributed by atoms with Crippen LogP contribution in [0.3, 0.4) is 0 Å². The Morgan fingerprint density at radius 1 is 1.40 bits per heavy atom. The van der Waals surface area contributed by atoms with Crippen LogP contribution < -0.4 is 0 Å². The van der Waals surface area contributed by atoms with Gasteiger partial charge in [-0.2, -0.15) is 0 Å². The van der Waals surface area contributed by atoms with Gasteiger partial charge in [-0.3, -0.25) is 4.79 Å². The number of carbonyl (C=O) groups excluding carboxylic acids is 1. The molecule has 0 aliphatic heterocycles. The Morgan fingerprint density at radius 2 is 2.15 bits per heavy atom. The molecule has 4 nitrogen and oxygen atoms in total. The number of rotatable bonds is 5. The molecule has 0 saturated heterocycles. The number of para-hydroxylation sites is 2. The summed E-state index contributed by atoms with van der Waals surface area (Å²) >= 11 is 0. The van der Waals surface area contributed by atoms with Crippen LogP contribution in [-0.2, 0) is 9.53 Å². The van der Waals surface area contributed by atoms with Crippen molar-refractivity contribution in [3.63, 3.8) is 0 Å². The fourth-order valence-electron chi connectivity index (χ4n) is 2.72. The summed E-state index contributed by atoms with van der Waals surface area (Å²) in [5, 5.41) is 0. The molecule has 1 saturated carbocycles. The zero-order valence-electron chi connectivity index (χ0n) is 12.0. The quantitative estimate of drug-likeness (QED) is 0.783. The van der Waals surface area contributed by atoms with E-state index in [9.17, 15) is 4.79 Å². The van der Waals surface area contributed by atoms with E-state index in [-0.39, 0.29) is 11.9 Å². The lowest BCUT2D eigenvalue weighted by Crippen LogP contribution is -2.19. The van der Waals surface area contributed by atoms with E-state index < -0.39 is 0 Å². The third kappa shape index (κ3) is 2.19. The zero-order valence-corrected chi connectivity index (χ0v) is 12.0. The number of esters is 1. The SMILES string of the molecule is CCOC(=O)C(CC)c1nc2ccccc2n1C1CC1. The van der Waals surface area contributed by atoms with E-state index >= 15 is 0 Å². The summed E-state index contributed by atoms with van der Waals surface area (Å²) in [7, 11) is 0. The van der Waals surface area contributed by atoms with E-state index in [4.69, 9.17) is 9.72 Å². The number of imidazole rings is 1. The number of hydrogen-bond donors (Lipinski definition) is 0. The topological polar surface area (TPSA) is 44.1 Å². The molecule has 0 bridgehead atoms. The summed E-state index contributed by atoms with van der Waals surface area (Å²) in [5.74, 6) is 0.449. The summed E-state index contributed by atoms with van der Waals surface area (Å²) in [6.07, 6.45) is 3.06. The highest BCUT2D eigenvalue weighted by molar-refractivity contribution is 5.81. The molecule has 106 valence electrons. The van der Waals surface area contributed by atoms with Crippen molar-refractivity contribution < 1.29 is 9.53 Å². The van der Waals surface area contributed by atoms with Crippen LogP contribution in [0.25, 0.3) is 11.0 Å². The molecule has 1 aliphatic carbocycles. The Hall–Kier alpha value is -1.84. The molecular formula is C16H20N2O2. The third-order valence-corrected chi connectivity index (χ3v) is 3.83. The summed E-state index contributed by atoms with van der Waals surface area (Å²) < 4.78 is 7.46. The molecule has 1 fully saturated rings. The molecule has 1 atom stereocenters. The summed E-state index contributed by atoms with van der Waals surface area (Å²) in [4.78, 5) is 16.9. The second kappa shape index (κ2) is 5.27. The van der Waals surface area contributed by atoms with E-state index in [2.05, 4.69) is 10.6 Å². The molecule has 0 N–H and O–H groups in total. The smallest absolute Gasteiger partial charge is 0.316 e. The number of ether oxygens (including phenoxy) is 1. The van der Waals surface area contributed by atoms with Crippen molar-refractivity contribution in [1.82, 2.24) is 9.55 Å². The van der Waals surface area contributed by atoms with Gasteiger partial charge in [0.15, 0.2) is 0 Å². The minimum Gasteiger partial charge on any atom is -0.465 e. The first kappa shape index (κ1) is 13.2. The molecule has 2 aromatic rings. The lowest BCUT2D eigenvalue weighted by Gasteiger charge is -2.15. The maximum Gasteiger partial charge on any atom is 0.316 e. The Kier molecular flexibility index (Phi) is 3.47. The van der Waals surface area contributed by atoms with Gasteiger partial charge < -0.3 is 9.30 Å². The molecule has 3 rings (SSSR count). The normalized spacial score (nSPS) is 16.3. The number of carbonyl (C=O) groups is 1. The first-order valence-electron chi connectivity index (χ1n) is 7.39. The molecule has 0 radical (unpaired) electrons. The molecule has 0 spiro atoms. The van der Waals surface area contributed by atoms with Crippen LogP contribution in [0, 0.1) is 0 Å². The highest BCUT2D eigenvalue weighted by atomic mass is 16.5. The van der Waals surface area contributed by atoms with Crippen LogP contribution >= 0.6 is 0 Å². The van der Waals surface area contributed by atoms with Crippen molar-refractivity contribution in [3.8, 4) is 0 Å². The monoisotopic (exact) mass is 272 g/mol. The number of benzene rings is 1. The van der Waals surface area contributed by atoms with E-state index in [0.717, 1.165) is 23.3 Å². The van der Waals surface area contributed by atoms with E-state index in [1.807, 2.05) is 32.0 Å². The standard InChI is InChI=1S/C16H20N2O2/c1-3-12(16(19)20-4-2)15-17-13-7-5-6-8-14(13)18(15)11-9-10-11/h5-8,11-12H,3-4,9-10H2,1-2H3. The molecule has 1 unspecified atom stereocenters. The second-order valence-corrected chi connectivity index (χ2v) is 5.27. The van der Waals surface area contributed by atoms with Gasteiger partial charge in [0.1, 0.15) is 11.7 Å². The second-order valence-electron chi connectivity index (χ2n) is 5.27. The largest absolute Gasteiger partial charge is 0.465 e. The van der Waals surface area contributed by atoms with Crippen LogP contribution in [-0.4, -0.2) is 22.1 Å². The van der Waals surface area contributed by atoms with Gasteiger partial charge in [-0.05, 0) is 38.3 Å². The highest BCUT2D eigenvalue weighted by Crippen LogP contribution is 2.40. The van der Waals surface area contributed by atoms with Crippen LogP contribution in [0.15, 0.2) is 24.3 Å². The van der Waals surface area contributed by atoms with E-state index in [1.165, 1.54) is 12.8 Å². The van der Waals surface area contributed by atoms with Gasteiger partial charge in [-0.1, -0.05) is 19.1 Å². The van der Waals surface area contributed by atoms with Gasteiger partial charge in [-0.15, -0.1) is 0 Å². The maximum atomic E-state index is 12.2. The van der Waals surface area contributed by atoms with Crippen LogP contribution in [0.5, 0.6) is 0 Å². The average molecular weight is 272 g/mol. The minimum atomic E-state index is -0.261. The summed E-state index contributed by atoms with van der Waals surface area (Å²) in [6, 6.07) is 8.61. The van der Waals surface area contributed by atoms with Gasteiger partial charge in [0.25, 0.3) is 0 Å². The molecular weight excluding hydrogens is 252 g/mol. The highest BCUT2D eigenvalue weighted by Gasteiger charge is 2.33. The number of hydrogen-bond acceptors (Lipinski definition) is 3. The number of fused-ring (bicyclic) bond motifs is 1. The van der Waals surface area contributed by atoms with Crippen molar-refractivity contribution >= 4 is 17.0 Å². The van der Waals surface area contributed by atoms with E-state index in [0.29, 0.717) is 12.6 Å². The molecule has 1 heterocycles. The average Bonchev–Trinajstić information content (AvgIpc) is 3.21. The van der Waals surface area contributed by atoms with E-state index in [1.54, 1.807) is 0 Å². The third-order valence-electron chi connectivity index (χ3n) is 3.83. The lowest BCUT2D eigenvalue weighted by molar-refractivity contribution is -0.145. The first-order valence-corrected chi connectivity index (χ1v) is 7.39. The Bertz CT molecular complexity index is 628. The summed E-state index contributed by atoms with van der Waals surface area (Å²) in [5.41, 5.74) is 2.10. The first-order chi connectivity index (χ1) is 9.76. The van der Waals surface area contributed by atoms with Crippen molar-refractivity contribution in [2.45, 2.75) is 45.1 Å². The maximum absolute atomic E-state index is 12.2. The zero-order chi connectivity index (χ0) is 14.1. The van der Waals surface area contributed by atoms with Gasteiger partial charge >= 0.3 is 5.97 Å². The molecule has 1 aromatic carbocycles. The van der Waals surface area contributed by atoms with Gasteiger partial charge in [0.2, 0.25) is 0 Å². The Labute approximate surface area is 118 Å². The summed E-state index contributed by atoms with van der Waals surface area (Å²) in [6.45, 7) is 4.27. The predicted molar refractivity (Wildman–Crippen MR) is 77.7 cm³/mol. The minimum absolute atomic E-state index is 0.160. The predicted octanol–water partition coefficient (Wildman–Crippen LogP) is 3.43. The number of nitrogens with zero attached hydrogens (tertiary/aromatic N) is 2. The van der Waals surface area contributed by atoms with Crippen molar-refractivity contribution in [2.24, 2.45) is 0 Å². The van der Waals surface area contributed by atoms with Crippen LogP contribution in [0.4, 0.5) is 0 Å². The molecule has 20 heavy (non-hydrogen) atoms. The Balaban J connectivity index is 2.09. The number of aromatic nitrogens is 2. The lowest BCUT2D eigenvalue weighted by atomic mass is 10.1. The molecule has 0 amide bonds. The van der Waals surface area contributed by atoms with Crippen molar-refractivity contribution in [1.29, 1.82) is 0 Å². The Morgan fingerprint density at radius 3 is 2.80 bits per heavy atom. The van der Waals surface area contributed by atoms with Gasteiger partial charge in [-0.25, -0.2) is 4.98 Å². The van der Waals surface area contributed by atoms with Gasteiger partial charge in [0, 0.05) is 6.04 Å².